The maximum absolute atomic E-state index is 13.3. The second kappa shape index (κ2) is 5.25. The van der Waals surface area contributed by atoms with Crippen molar-refractivity contribution in [3.05, 3.63) is 34.9 Å². The third-order valence-corrected chi connectivity index (χ3v) is 2.59. The normalized spacial score (nSPS) is 12.1. The number of carbonyl (C=O) groups is 2. The van der Waals surface area contributed by atoms with Crippen LogP contribution in [0, 0.1) is 23.3 Å². The van der Waals surface area contributed by atoms with Crippen molar-refractivity contribution in [3.63, 3.8) is 0 Å². The predicted octanol–water partition coefficient (Wildman–Crippen LogP) is 1.79. The molecule has 0 bridgehead atoms. The maximum atomic E-state index is 13.3. The Kier molecular flexibility index (Phi) is 4.13. The number of likely N-dealkylation sites (N-methyl/N-ethyl adjacent to an activating group) is 1. The zero-order valence-electron chi connectivity index (χ0n) is 9.88. The maximum Gasteiger partial charge on any atom is 0.326 e. The van der Waals surface area contributed by atoms with Gasteiger partial charge >= 0.3 is 5.97 Å². The first-order valence-electron chi connectivity index (χ1n) is 5.01. The molecule has 0 saturated carbocycles. The van der Waals surface area contributed by atoms with Crippen molar-refractivity contribution in [1.29, 1.82) is 0 Å². The van der Waals surface area contributed by atoms with Crippen molar-refractivity contribution in [2.45, 2.75) is 13.0 Å². The summed E-state index contributed by atoms with van der Waals surface area (Å²) in [6.07, 6.45) is 0. The minimum Gasteiger partial charge on any atom is -0.480 e. The van der Waals surface area contributed by atoms with Gasteiger partial charge in [0.15, 0.2) is 23.3 Å². The van der Waals surface area contributed by atoms with Crippen LogP contribution < -0.4 is 0 Å². The molecule has 0 aliphatic rings. The van der Waals surface area contributed by atoms with E-state index in [1.807, 2.05) is 0 Å². The Morgan fingerprint density at radius 3 is 2.16 bits per heavy atom. The molecule has 1 aromatic rings. The molecule has 1 amide bonds. The van der Waals surface area contributed by atoms with E-state index in [2.05, 4.69) is 0 Å². The Bertz CT molecular complexity index is 547. The average Bonchev–Trinajstić information content (AvgIpc) is 2.37. The van der Waals surface area contributed by atoms with E-state index in [1.54, 1.807) is 0 Å². The minimum atomic E-state index is -2.13. The van der Waals surface area contributed by atoms with E-state index in [0.29, 0.717) is 4.90 Å². The summed E-state index contributed by atoms with van der Waals surface area (Å²) in [5.74, 6) is -10.4. The van der Waals surface area contributed by atoms with Gasteiger partial charge in [-0.1, -0.05) is 0 Å². The number of hydrogen-bond acceptors (Lipinski definition) is 2. The second-order valence-electron chi connectivity index (χ2n) is 3.78. The van der Waals surface area contributed by atoms with Crippen LogP contribution in [0.5, 0.6) is 0 Å². The summed E-state index contributed by atoms with van der Waals surface area (Å²) in [6, 6.07) is -1.16. The number of carbonyl (C=O) groups excluding carboxylic acids is 1. The van der Waals surface area contributed by atoms with Crippen molar-refractivity contribution >= 4 is 11.9 Å². The Balaban J connectivity index is 3.24. The topological polar surface area (TPSA) is 57.6 Å². The summed E-state index contributed by atoms with van der Waals surface area (Å²) >= 11 is 0. The number of nitrogens with zero attached hydrogens (tertiary/aromatic N) is 1. The highest BCUT2D eigenvalue weighted by atomic mass is 19.2. The number of benzene rings is 1. The molecule has 1 rings (SSSR count). The molecule has 0 aliphatic carbocycles. The molecule has 8 heteroatoms. The molecule has 1 unspecified atom stereocenters. The fraction of sp³-hybridized carbons (Fsp3) is 0.273. The van der Waals surface area contributed by atoms with Gasteiger partial charge in [0, 0.05) is 7.05 Å². The average molecular weight is 279 g/mol. The SMILES string of the molecule is CC(C(=O)O)N(C)C(=O)c1cc(F)c(F)c(F)c1F. The number of carboxylic acids is 1. The van der Waals surface area contributed by atoms with Crippen molar-refractivity contribution < 1.29 is 32.3 Å². The Morgan fingerprint density at radius 1 is 1.16 bits per heavy atom. The highest BCUT2D eigenvalue weighted by Gasteiger charge is 2.28. The lowest BCUT2D eigenvalue weighted by Crippen LogP contribution is -2.40. The van der Waals surface area contributed by atoms with E-state index in [1.165, 1.54) is 0 Å². The third kappa shape index (κ3) is 2.67. The van der Waals surface area contributed by atoms with Gasteiger partial charge in [-0.15, -0.1) is 0 Å². The van der Waals surface area contributed by atoms with E-state index >= 15 is 0 Å². The van der Waals surface area contributed by atoms with E-state index in [-0.39, 0.29) is 6.07 Å². The smallest absolute Gasteiger partial charge is 0.326 e. The Hall–Kier alpha value is -2.12. The van der Waals surface area contributed by atoms with Crippen molar-refractivity contribution in [2.75, 3.05) is 7.05 Å². The van der Waals surface area contributed by atoms with Crippen LogP contribution in [0.4, 0.5) is 17.6 Å². The third-order valence-electron chi connectivity index (χ3n) is 2.59. The second-order valence-corrected chi connectivity index (χ2v) is 3.78. The molecule has 1 aromatic carbocycles. The fourth-order valence-corrected chi connectivity index (χ4v) is 1.26. The molecule has 104 valence electrons. The molecule has 0 aliphatic heterocycles. The number of amides is 1. The lowest BCUT2D eigenvalue weighted by atomic mass is 10.1. The molecule has 0 radical (unpaired) electrons. The van der Waals surface area contributed by atoms with Gasteiger partial charge in [0.05, 0.1) is 5.56 Å². The molecule has 1 N–H and O–H groups in total. The van der Waals surface area contributed by atoms with Crippen LogP contribution >= 0.6 is 0 Å². The highest BCUT2D eigenvalue weighted by Crippen LogP contribution is 2.20. The van der Waals surface area contributed by atoms with Crippen LogP contribution in [-0.4, -0.2) is 35.0 Å². The molecule has 0 spiro atoms. The number of rotatable bonds is 3. The standard InChI is InChI=1S/C11H9F4NO3/c1-4(11(18)19)16(2)10(17)5-3-6(12)8(14)9(15)7(5)13/h3-4H,1-2H3,(H,18,19). The summed E-state index contributed by atoms with van der Waals surface area (Å²) in [6.45, 7) is 1.12. The minimum absolute atomic E-state index is 0.182. The summed E-state index contributed by atoms with van der Waals surface area (Å²) in [4.78, 5) is 22.9. The van der Waals surface area contributed by atoms with Crippen LogP contribution in [0.1, 0.15) is 17.3 Å². The summed E-state index contributed by atoms with van der Waals surface area (Å²) in [7, 11) is 1.01. The number of carboxylic acid groups (broad SMARTS) is 1. The van der Waals surface area contributed by atoms with Crippen LogP contribution in [0.3, 0.4) is 0 Å². The van der Waals surface area contributed by atoms with Gasteiger partial charge in [-0.05, 0) is 13.0 Å². The highest BCUT2D eigenvalue weighted by molar-refractivity contribution is 5.96. The molecular formula is C11H9F4NO3. The number of halogens is 4. The van der Waals surface area contributed by atoms with E-state index < -0.39 is 46.8 Å². The van der Waals surface area contributed by atoms with Gasteiger partial charge in [-0.2, -0.15) is 0 Å². The predicted molar refractivity (Wildman–Crippen MR) is 55.5 cm³/mol. The zero-order valence-corrected chi connectivity index (χ0v) is 9.88. The van der Waals surface area contributed by atoms with Crippen molar-refractivity contribution in [1.82, 2.24) is 4.90 Å². The van der Waals surface area contributed by atoms with Gasteiger partial charge in [0.25, 0.3) is 5.91 Å². The molecular weight excluding hydrogens is 270 g/mol. The molecule has 0 heterocycles. The first-order valence-corrected chi connectivity index (χ1v) is 5.01. The lowest BCUT2D eigenvalue weighted by molar-refractivity contribution is -0.141. The van der Waals surface area contributed by atoms with Crippen LogP contribution in [0.25, 0.3) is 0 Å². The molecule has 0 fully saturated rings. The van der Waals surface area contributed by atoms with Gasteiger partial charge in [-0.25, -0.2) is 22.4 Å². The Morgan fingerprint density at radius 2 is 1.68 bits per heavy atom. The Labute approximate surface area is 105 Å². The summed E-state index contributed by atoms with van der Waals surface area (Å²) in [5, 5.41) is 8.68. The number of hydrogen-bond donors (Lipinski definition) is 1. The summed E-state index contributed by atoms with van der Waals surface area (Å²) < 4.78 is 51.9. The van der Waals surface area contributed by atoms with Crippen LogP contribution in [0.2, 0.25) is 0 Å². The fourth-order valence-electron chi connectivity index (χ4n) is 1.26. The molecule has 1 atom stereocenters. The monoisotopic (exact) mass is 279 g/mol. The van der Waals surface area contributed by atoms with Gasteiger partial charge < -0.3 is 10.0 Å². The molecule has 19 heavy (non-hydrogen) atoms. The quantitative estimate of drug-likeness (QED) is 0.521. The lowest BCUT2D eigenvalue weighted by Gasteiger charge is -2.21. The van der Waals surface area contributed by atoms with Crippen molar-refractivity contribution in [2.24, 2.45) is 0 Å². The van der Waals surface area contributed by atoms with Crippen LogP contribution in [0.15, 0.2) is 6.07 Å². The van der Waals surface area contributed by atoms with Gasteiger partial charge in [-0.3, -0.25) is 4.79 Å². The first kappa shape index (κ1) is 14.9. The number of aliphatic carboxylic acids is 1. The van der Waals surface area contributed by atoms with Gasteiger partial charge in [0.2, 0.25) is 0 Å². The van der Waals surface area contributed by atoms with Crippen LogP contribution in [-0.2, 0) is 4.79 Å². The molecule has 0 saturated heterocycles. The van der Waals surface area contributed by atoms with E-state index in [0.717, 1.165) is 14.0 Å². The molecule has 0 aromatic heterocycles. The van der Waals surface area contributed by atoms with Crippen molar-refractivity contribution in [3.8, 4) is 0 Å². The molecule has 4 nitrogen and oxygen atoms in total. The van der Waals surface area contributed by atoms with E-state index in [9.17, 15) is 27.2 Å². The zero-order chi connectivity index (χ0) is 14.9. The van der Waals surface area contributed by atoms with E-state index in [4.69, 9.17) is 5.11 Å². The summed E-state index contributed by atoms with van der Waals surface area (Å²) in [5.41, 5.74) is -1.08. The first-order chi connectivity index (χ1) is 8.68. The van der Waals surface area contributed by atoms with Gasteiger partial charge in [0.1, 0.15) is 6.04 Å². The largest absolute Gasteiger partial charge is 0.480 e.